The number of terminal acetylenes is 1. The average molecular weight is 522 g/mol. The SMILES string of the molecule is C#Cc1ccc(C(C(=O)NC(C)(C)C)N(CC)C(=O)C(Cc2ccc(O)cc2)NC(=O)OC(C)(C)C)cc1. The molecule has 0 bridgehead atoms. The van der Waals surface area contributed by atoms with Gasteiger partial charge in [-0.25, -0.2) is 4.79 Å². The second-order valence-corrected chi connectivity index (χ2v) is 11.1. The Morgan fingerprint density at radius 1 is 1.00 bits per heavy atom. The van der Waals surface area contributed by atoms with Gasteiger partial charge in [0.2, 0.25) is 11.8 Å². The fourth-order valence-electron chi connectivity index (χ4n) is 3.86. The van der Waals surface area contributed by atoms with Gasteiger partial charge in [-0.2, -0.15) is 0 Å². The molecule has 0 fully saturated rings. The van der Waals surface area contributed by atoms with Crippen LogP contribution in [-0.2, 0) is 20.7 Å². The summed E-state index contributed by atoms with van der Waals surface area (Å²) in [5, 5.41) is 15.3. The Balaban J connectivity index is 2.51. The molecule has 2 rings (SSSR count). The molecule has 2 unspecified atom stereocenters. The molecule has 8 heteroatoms. The molecule has 8 nitrogen and oxygen atoms in total. The number of phenolic OH excluding ortho intramolecular Hbond substituents is 1. The van der Waals surface area contributed by atoms with Crippen LogP contribution in [-0.4, -0.2) is 51.6 Å². The summed E-state index contributed by atoms with van der Waals surface area (Å²) in [5.74, 6) is 1.82. The number of amides is 3. The van der Waals surface area contributed by atoms with Gasteiger partial charge in [0, 0.05) is 24.1 Å². The van der Waals surface area contributed by atoms with Crippen LogP contribution in [0.2, 0.25) is 0 Å². The Morgan fingerprint density at radius 3 is 2.05 bits per heavy atom. The van der Waals surface area contributed by atoms with E-state index in [1.54, 1.807) is 64.1 Å². The van der Waals surface area contributed by atoms with Crippen LogP contribution in [0.25, 0.3) is 0 Å². The lowest BCUT2D eigenvalue weighted by molar-refractivity contribution is -0.142. The van der Waals surface area contributed by atoms with E-state index >= 15 is 0 Å². The Morgan fingerprint density at radius 2 is 1.58 bits per heavy atom. The maximum Gasteiger partial charge on any atom is 0.408 e. The molecule has 2 aromatic rings. The quantitative estimate of drug-likeness (QED) is 0.449. The maximum atomic E-state index is 14.0. The summed E-state index contributed by atoms with van der Waals surface area (Å²) >= 11 is 0. The van der Waals surface area contributed by atoms with Gasteiger partial charge >= 0.3 is 6.09 Å². The fraction of sp³-hybridized carbons (Fsp3) is 0.433. The van der Waals surface area contributed by atoms with E-state index in [9.17, 15) is 19.5 Å². The summed E-state index contributed by atoms with van der Waals surface area (Å²) in [6.07, 6.45) is 4.88. The number of nitrogens with zero attached hydrogens (tertiary/aromatic N) is 1. The Kier molecular flexibility index (Phi) is 9.95. The number of rotatable bonds is 8. The third-order valence-corrected chi connectivity index (χ3v) is 5.44. The molecule has 38 heavy (non-hydrogen) atoms. The first-order chi connectivity index (χ1) is 17.6. The van der Waals surface area contributed by atoms with Crippen molar-refractivity contribution in [2.24, 2.45) is 0 Å². The predicted octanol–water partition coefficient (Wildman–Crippen LogP) is 4.31. The van der Waals surface area contributed by atoms with Crippen LogP contribution in [0, 0.1) is 12.3 Å². The number of hydrogen-bond acceptors (Lipinski definition) is 5. The molecule has 0 aromatic heterocycles. The molecular weight excluding hydrogens is 482 g/mol. The molecule has 0 radical (unpaired) electrons. The molecule has 2 aromatic carbocycles. The Labute approximate surface area is 225 Å². The molecule has 0 saturated carbocycles. The lowest BCUT2D eigenvalue weighted by Gasteiger charge is -2.35. The number of carbonyl (C=O) groups excluding carboxylic acids is 3. The number of likely N-dealkylation sites (N-methyl/N-ethyl adjacent to an activating group) is 1. The molecule has 3 amide bonds. The average Bonchev–Trinajstić information content (AvgIpc) is 2.80. The van der Waals surface area contributed by atoms with Gasteiger partial charge in [-0.15, -0.1) is 6.42 Å². The van der Waals surface area contributed by atoms with Gasteiger partial charge in [-0.05, 0) is 83.9 Å². The summed E-state index contributed by atoms with van der Waals surface area (Å²) in [6, 6.07) is 11.3. The second kappa shape index (κ2) is 12.5. The van der Waals surface area contributed by atoms with E-state index in [2.05, 4.69) is 16.6 Å². The van der Waals surface area contributed by atoms with Crippen LogP contribution in [0.4, 0.5) is 4.79 Å². The van der Waals surface area contributed by atoms with Gasteiger partial charge in [0.1, 0.15) is 23.4 Å². The van der Waals surface area contributed by atoms with Crippen LogP contribution in [0.3, 0.4) is 0 Å². The molecule has 0 aliphatic heterocycles. The third kappa shape index (κ3) is 9.15. The fourth-order valence-corrected chi connectivity index (χ4v) is 3.86. The van der Waals surface area contributed by atoms with E-state index < -0.39 is 35.2 Å². The van der Waals surface area contributed by atoms with Gasteiger partial charge in [0.15, 0.2) is 0 Å². The molecule has 2 atom stereocenters. The van der Waals surface area contributed by atoms with Crippen LogP contribution >= 0.6 is 0 Å². The van der Waals surface area contributed by atoms with E-state index in [1.165, 1.54) is 17.0 Å². The van der Waals surface area contributed by atoms with E-state index in [1.807, 2.05) is 20.8 Å². The topological polar surface area (TPSA) is 108 Å². The maximum absolute atomic E-state index is 14.0. The molecule has 0 aliphatic rings. The number of benzene rings is 2. The van der Waals surface area contributed by atoms with Gasteiger partial charge < -0.3 is 25.4 Å². The molecule has 3 N–H and O–H groups in total. The van der Waals surface area contributed by atoms with Crippen LogP contribution < -0.4 is 10.6 Å². The normalized spacial score (nSPS) is 13.0. The lowest BCUT2D eigenvalue weighted by atomic mass is 9.98. The largest absolute Gasteiger partial charge is 0.508 e. The predicted molar refractivity (Wildman–Crippen MR) is 147 cm³/mol. The first-order valence-corrected chi connectivity index (χ1v) is 12.6. The highest BCUT2D eigenvalue weighted by atomic mass is 16.6. The van der Waals surface area contributed by atoms with Gasteiger partial charge in [-0.3, -0.25) is 9.59 Å². The number of alkyl carbamates (subject to hydrolysis) is 1. The van der Waals surface area contributed by atoms with E-state index in [-0.39, 0.29) is 24.6 Å². The van der Waals surface area contributed by atoms with E-state index in [0.717, 1.165) is 0 Å². The Bertz CT molecular complexity index is 1150. The first kappa shape index (κ1) is 30.2. The highest BCUT2D eigenvalue weighted by Gasteiger charge is 2.36. The van der Waals surface area contributed by atoms with Crippen molar-refractivity contribution < 1.29 is 24.2 Å². The van der Waals surface area contributed by atoms with E-state index in [4.69, 9.17) is 11.2 Å². The van der Waals surface area contributed by atoms with Crippen LogP contribution in [0.1, 0.15) is 71.2 Å². The standard InChI is InChI=1S/C30H39N3O5/c1-9-20-11-15-22(16-12-20)25(26(35)32-29(3,4)5)33(10-2)27(36)24(31-28(37)38-30(6,7)8)19-21-13-17-23(34)18-14-21/h1,11-18,24-25,34H,10,19H2,2-8H3,(H,31,37)(H,32,35). The molecule has 0 saturated heterocycles. The van der Waals surface area contributed by atoms with Crippen LogP contribution in [0.15, 0.2) is 48.5 Å². The van der Waals surface area contributed by atoms with Crippen molar-refractivity contribution in [1.82, 2.24) is 15.5 Å². The van der Waals surface area contributed by atoms with E-state index in [0.29, 0.717) is 16.7 Å². The number of carbonyl (C=O) groups is 3. The minimum atomic E-state index is -1.04. The number of hydrogen-bond donors (Lipinski definition) is 3. The number of aromatic hydroxyl groups is 1. The van der Waals surface area contributed by atoms with Crippen molar-refractivity contribution in [2.45, 2.75) is 78.1 Å². The number of phenols is 1. The zero-order chi connectivity index (χ0) is 28.7. The lowest BCUT2D eigenvalue weighted by Crippen LogP contribution is -2.55. The monoisotopic (exact) mass is 521 g/mol. The summed E-state index contributed by atoms with van der Waals surface area (Å²) in [7, 11) is 0. The highest BCUT2D eigenvalue weighted by molar-refractivity contribution is 5.92. The summed E-state index contributed by atoms with van der Waals surface area (Å²) in [5.41, 5.74) is 0.629. The smallest absolute Gasteiger partial charge is 0.408 e. The van der Waals surface area contributed by atoms with Gasteiger partial charge in [-0.1, -0.05) is 30.2 Å². The van der Waals surface area contributed by atoms with Crippen molar-refractivity contribution in [2.75, 3.05) is 6.54 Å². The first-order valence-electron chi connectivity index (χ1n) is 12.6. The summed E-state index contributed by atoms with van der Waals surface area (Å²) in [6.45, 7) is 12.7. The van der Waals surface area contributed by atoms with Crippen molar-refractivity contribution >= 4 is 17.9 Å². The third-order valence-electron chi connectivity index (χ3n) is 5.44. The molecule has 0 spiro atoms. The Hall–Kier alpha value is -3.99. The number of ether oxygens (including phenoxy) is 1. The zero-order valence-corrected chi connectivity index (χ0v) is 23.3. The van der Waals surface area contributed by atoms with Gasteiger partial charge in [0.05, 0.1) is 0 Å². The van der Waals surface area contributed by atoms with Crippen molar-refractivity contribution in [3.63, 3.8) is 0 Å². The van der Waals surface area contributed by atoms with Gasteiger partial charge in [0.25, 0.3) is 0 Å². The molecule has 204 valence electrons. The summed E-state index contributed by atoms with van der Waals surface area (Å²) in [4.78, 5) is 41.8. The number of nitrogens with one attached hydrogen (secondary N) is 2. The van der Waals surface area contributed by atoms with Crippen molar-refractivity contribution in [1.29, 1.82) is 0 Å². The minimum absolute atomic E-state index is 0.0845. The molecule has 0 heterocycles. The van der Waals surface area contributed by atoms with Crippen LogP contribution in [0.5, 0.6) is 5.75 Å². The molecular formula is C30H39N3O5. The highest BCUT2D eigenvalue weighted by Crippen LogP contribution is 2.25. The van der Waals surface area contributed by atoms with Crippen molar-refractivity contribution in [3.05, 3.63) is 65.2 Å². The van der Waals surface area contributed by atoms with Crippen molar-refractivity contribution in [3.8, 4) is 18.1 Å². The molecule has 0 aliphatic carbocycles. The zero-order valence-electron chi connectivity index (χ0n) is 23.3. The second-order valence-electron chi connectivity index (χ2n) is 11.1. The minimum Gasteiger partial charge on any atom is -0.508 e. The summed E-state index contributed by atoms with van der Waals surface area (Å²) < 4.78 is 5.41.